The fourth-order valence-corrected chi connectivity index (χ4v) is 2.21. The number of hydrogen-bond acceptors (Lipinski definition) is 2. The molecular weight excluding hydrogens is 227 g/mol. The van der Waals surface area contributed by atoms with Gasteiger partial charge in [0.15, 0.2) is 9.84 Å². The molecule has 0 aliphatic rings. The number of benzene rings is 1. The highest BCUT2D eigenvalue weighted by Gasteiger charge is 2.22. The summed E-state index contributed by atoms with van der Waals surface area (Å²) in [5.74, 6) is -0.800. The first-order chi connectivity index (χ1) is 6.35. The van der Waals surface area contributed by atoms with E-state index in [1.807, 2.05) is 0 Å². The summed E-state index contributed by atoms with van der Waals surface area (Å²) in [7, 11) is -3.56. The average molecular weight is 237 g/mol. The lowest BCUT2D eigenvalue weighted by molar-refractivity contribution is 0.561. The topological polar surface area (TPSA) is 34.1 Å². The van der Waals surface area contributed by atoms with E-state index in [0.717, 1.165) is 6.07 Å². The first kappa shape index (κ1) is 11.5. The van der Waals surface area contributed by atoms with Crippen molar-refractivity contribution >= 4 is 21.4 Å². The van der Waals surface area contributed by atoms with E-state index in [1.165, 1.54) is 26.0 Å². The highest BCUT2D eigenvalue weighted by Crippen LogP contribution is 2.22. The van der Waals surface area contributed by atoms with Crippen LogP contribution < -0.4 is 0 Å². The normalized spacial score (nSPS) is 12.1. The number of sulfone groups is 1. The zero-order valence-electron chi connectivity index (χ0n) is 7.79. The maximum atomic E-state index is 13.2. The van der Waals surface area contributed by atoms with Crippen LogP contribution in [0.2, 0.25) is 5.02 Å². The lowest BCUT2D eigenvalue weighted by Gasteiger charge is -2.08. The van der Waals surface area contributed by atoms with Gasteiger partial charge in [0.05, 0.1) is 5.25 Å². The van der Waals surface area contributed by atoms with Crippen LogP contribution >= 0.6 is 11.6 Å². The third-order valence-electron chi connectivity index (χ3n) is 1.82. The molecule has 1 rings (SSSR count). The Morgan fingerprint density at radius 3 is 2.36 bits per heavy atom. The third kappa shape index (κ3) is 2.07. The SMILES string of the molecule is CC(C)S(=O)(=O)c1ccc(Cl)cc1F. The lowest BCUT2D eigenvalue weighted by atomic mass is 10.3. The van der Waals surface area contributed by atoms with Gasteiger partial charge in [0.25, 0.3) is 0 Å². The van der Waals surface area contributed by atoms with Gasteiger partial charge in [0, 0.05) is 5.02 Å². The Bertz CT molecular complexity index is 440. The van der Waals surface area contributed by atoms with E-state index in [-0.39, 0.29) is 9.92 Å². The molecule has 1 aromatic rings. The van der Waals surface area contributed by atoms with Crippen LogP contribution in [0.4, 0.5) is 4.39 Å². The molecule has 0 fully saturated rings. The Labute approximate surface area is 87.6 Å². The largest absolute Gasteiger partial charge is 0.223 e. The van der Waals surface area contributed by atoms with Gasteiger partial charge < -0.3 is 0 Å². The summed E-state index contributed by atoms with van der Waals surface area (Å²) in [6, 6.07) is 3.55. The summed E-state index contributed by atoms with van der Waals surface area (Å²) in [5.41, 5.74) is 0. The van der Waals surface area contributed by atoms with Gasteiger partial charge in [-0.15, -0.1) is 0 Å². The summed E-state index contributed by atoms with van der Waals surface area (Å²) >= 11 is 5.51. The fraction of sp³-hybridized carbons (Fsp3) is 0.333. The fourth-order valence-electron chi connectivity index (χ4n) is 0.960. The van der Waals surface area contributed by atoms with Crippen LogP contribution in [0.25, 0.3) is 0 Å². The van der Waals surface area contributed by atoms with Crippen molar-refractivity contribution in [3.63, 3.8) is 0 Å². The van der Waals surface area contributed by atoms with Crippen molar-refractivity contribution in [1.82, 2.24) is 0 Å². The van der Waals surface area contributed by atoms with Crippen LogP contribution in [0.15, 0.2) is 23.1 Å². The molecule has 5 heteroatoms. The molecule has 0 amide bonds. The Kier molecular flexibility index (Phi) is 3.17. The molecule has 0 saturated heterocycles. The minimum Gasteiger partial charge on any atom is -0.223 e. The summed E-state index contributed by atoms with van der Waals surface area (Å²) in [6.45, 7) is 3.01. The number of rotatable bonds is 2. The van der Waals surface area contributed by atoms with Gasteiger partial charge in [-0.05, 0) is 32.0 Å². The zero-order valence-corrected chi connectivity index (χ0v) is 9.36. The van der Waals surface area contributed by atoms with Crippen molar-refractivity contribution in [1.29, 1.82) is 0 Å². The summed E-state index contributed by atoms with van der Waals surface area (Å²) in [5, 5.41) is -0.455. The van der Waals surface area contributed by atoms with Crippen molar-refractivity contribution in [2.45, 2.75) is 24.0 Å². The van der Waals surface area contributed by atoms with Gasteiger partial charge >= 0.3 is 0 Å². The molecular formula is C9H10ClFO2S. The van der Waals surface area contributed by atoms with E-state index >= 15 is 0 Å². The molecule has 0 aliphatic carbocycles. The molecule has 0 spiro atoms. The minimum absolute atomic E-state index is 0.185. The van der Waals surface area contributed by atoms with Crippen molar-refractivity contribution in [3.05, 3.63) is 29.0 Å². The summed E-state index contributed by atoms with van der Waals surface area (Å²) < 4.78 is 36.4. The molecule has 0 bridgehead atoms. The van der Waals surface area contributed by atoms with Gasteiger partial charge in [-0.25, -0.2) is 12.8 Å². The Morgan fingerprint density at radius 2 is 1.93 bits per heavy atom. The molecule has 0 aromatic heterocycles. The molecule has 0 atom stereocenters. The maximum Gasteiger partial charge on any atom is 0.183 e. The van der Waals surface area contributed by atoms with Gasteiger partial charge in [-0.2, -0.15) is 0 Å². The predicted molar refractivity (Wildman–Crippen MR) is 53.7 cm³/mol. The van der Waals surface area contributed by atoms with Gasteiger partial charge in [-0.1, -0.05) is 11.6 Å². The summed E-state index contributed by atoms with van der Waals surface area (Å²) in [4.78, 5) is -0.295. The second-order valence-corrected chi connectivity index (χ2v) is 6.08. The van der Waals surface area contributed by atoms with E-state index in [9.17, 15) is 12.8 Å². The molecule has 78 valence electrons. The Morgan fingerprint density at radius 1 is 1.36 bits per heavy atom. The lowest BCUT2D eigenvalue weighted by Crippen LogP contribution is -2.15. The highest BCUT2D eigenvalue weighted by molar-refractivity contribution is 7.92. The van der Waals surface area contributed by atoms with E-state index in [0.29, 0.717) is 0 Å². The van der Waals surface area contributed by atoms with E-state index < -0.39 is 20.9 Å². The standard InChI is InChI=1S/C9H10ClFO2S/c1-6(2)14(12,13)9-4-3-7(10)5-8(9)11/h3-6H,1-2H3. The third-order valence-corrected chi connectivity index (χ3v) is 4.24. The van der Waals surface area contributed by atoms with Gasteiger partial charge in [-0.3, -0.25) is 0 Å². The minimum atomic E-state index is -3.56. The van der Waals surface area contributed by atoms with Crippen molar-refractivity contribution < 1.29 is 12.8 Å². The smallest absolute Gasteiger partial charge is 0.183 e. The van der Waals surface area contributed by atoms with Gasteiger partial charge in [0.2, 0.25) is 0 Å². The monoisotopic (exact) mass is 236 g/mol. The van der Waals surface area contributed by atoms with Crippen LogP contribution in [0.5, 0.6) is 0 Å². The predicted octanol–water partition coefficient (Wildman–Crippen LogP) is 2.66. The summed E-state index contributed by atoms with van der Waals surface area (Å²) in [6.07, 6.45) is 0. The second-order valence-electron chi connectivity index (χ2n) is 3.17. The number of halogens is 2. The van der Waals surface area contributed by atoms with Crippen LogP contribution in [0, 0.1) is 5.82 Å². The molecule has 0 heterocycles. The van der Waals surface area contributed by atoms with E-state index in [1.54, 1.807) is 0 Å². The number of hydrogen-bond donors (Lipinski definition) is 0. The molecule has 0 unspecified atom stereocenters. The van der Waals surface area contributed by atoms with Crippen LogP contribution in [-0.4, -0.2) is 13.7 Å². The van der Waals surface area contributed by atoms with E-state index in [4.69, 9.17) is 11.6 Å². The Balaban J connectivity index is 3.35. The molecule has 14 heavy (non-hydrogen) atoms. The zero-order chi connectivity index (χ0) is 10.9. The van der Waals surface area contributed by atoms with Crippen LogP contribution in [0.1, 0.15) is 13.8 Å². The van der Waals surface area contributed by atoms with Crippen molar-refractivity contribution in [2.24, 2.45) is 0 Å². The second kappa shape index (κ2) is 3.87. The van der Waals surface area contributed by atoms with Gasteiger partial charge in [0.1, 0.15) is 10.7 Å². The maximum absolute atomic E-state index is 13.2. The molecule has 2 nitrogen and oxygen atoms in total. The first-order valence-corrected chi connectivity index (χ1v) is 5.97. The molecule has 1 aromatic carbocycles. The Hall–Kier alpha value is -0.610. The molecule has 0 saturated carbocycles. The molecule has 0 radical (unpaired) electrons. The van der Waals surface area contributed by atoms with Crippen molar-refractivity contribution in [2.75, 3.05) is 0 Å². The van der Waals surface area contributed by atoms with E-state index in [2.05, 4.69) is 0 Å². The first-order valence-electron chi connectivity index (χ1n) is 4.04. The van der Waals surface area contributed by atoms with Crippen LogP contribution in [-0.2, 0) is 9.84 Å². The molecule has 0 aliphatic heterocycles. The van der Waals surface area contributed by atoms with Crippen LogP contribution in [0.3, 0.4) is 0 Å². The average Bonchev–Trinajstić information content (AvgIpc) is 2.02. The van der Waals surface area contributed by atoms with Crippen molar-refractivity contribution in [3.8, 4) is 0 Å². The molecule has 0 N–H and O–H groups in total. The highest BCUT2D eigenvalue weighted by atomic mass is 35.5. The quantitative estimate of drug-likeness (QED) is 0.791.